The third-order valence-electron chi connectivity index (χ3n) is 4.33. The predicted molar refractivity (Wildman–Crippen MR) is 110 cm³/mol. The summed E-state index contributed by atoms with van der Waals surface area (Å²) in [5.41, 5.74) is 5.57. The second kappa shape index (κ2) is 7.88. The number of aryl methyl sites for hydroxylation is 2. The molecule has 0 aliphatic rings. The number of aromatic nitrogens is 2. The molecule has 0 unspecified atom stereocenters. The lowest BCUT2D eigenvalue weighted by Crippen LogP contribution is -2.05. The van der Waals surface area contributed by atoms with Gasteiger partial charge in [-0.2, -0.15) is 10.2 Å². The summed E-state index contributed by atoms with van der Waals surface area (Å²) < 4.78 is 0. The Bertz CT molecular complexity index is 1000. The van der Waals surface area contributed by atoms with Gasteiger partial charge in [0.15, 0.2) is 0 Å². The number of para-hydroxylation sites is 2. The second-order valence-corrected chi connectivity index (χ2v) is 6.82. The predicted octanol–water partition coefficient (Wildman–Crippen LogP) is 5.58. The van der Waals surface area contributed by atoms with Gasteiger partial charge in [-0.05, 0) is 43.0 Å². The largest absolute Gasteiger partial charge is 0.340 e. The monoisotopic (exact) mass is 357 g/mol. The van der Waals surface area contributed by atoms with E-state index in [1.54, 1.807) is 6.07 Å². The Morgan fingerprint density at radius 3 is 2.48 bits per heavy atom. The number of anilines is 4. The molecule has 0 fully saturated rings. The van der Waals surface area contributed by atoms with Gasteiger partial charge in [-0.15, -0.1) is 0 Å². The lowest BCUT2D eigenvalue weighted by Gasteiger charge is -2.17. The average molecular weight is 357 g/mol. The van der Waals surface area contributed by atoms with Gasteiger partial charge in [0, 0.05) is 17.4 Å². The Morgan fingerprint density at radius 1 is 0.963 bits per heavy atom. The minimum absolute atomic E-state index is 0.399. The summed E-state index contributed by atoms with van der Waals surface area (Å²) in [6, 6.07) is 17.7. The number of benzene rings is 2. The maximum atomic E-state index is 9.27. The van der Waals surface area contributed by atoms with Crippen LogP contribution >= 0.6 is 0 Å². The van der Waals surface area contributed by atoms with Gasteiger partial charge in [0.1, 0.15) is 11.9 Å². The number of hydrogen-bond donors (Lipinski definition) is 2. The van der Waals surface area contributed by atoms with Crippen LogP contribution in [0.2, 0.25) is 0 Å². The fourth-order valence-corrected chi connectivity index (χ4v) is 2.97. The van der Waals surface area contributed by atoms with Gasteiger partial charge >= 0.3 is 0 Å². The van der Waals surface area contributed by atoms with Crippen molar-refractivity contribution in [3.8, 4) is 6.07 Å². The molecule has 0 radical (unpaired) electrons. The van der Waals surface area contributed by atoms with E-state index < -0.39 is 0 Å². The average Bonchev–Trinajstić information content (AvgIpc) is 2.63. The Labute approximate surface area is 160 Å². The maximum absolute atomic E-state index is 9.27. The molecule has 0 saturated heterocycles. The van der Waals surface area contributed by atoms with Crippen molar-refractivity contribution in [3.05, 3.63) is 70.9 Å². The summed E-state index contributed by atoms with van der Waals surface area (Å²) in [5, 5.41) is 15.9. The highest BCUT2D eigenvalue weighted by atomic mass is 15.1. The zero-order valence-corrected chi connectivity index (χ0v) is 16.0. The SMILES string of the molecule is Cc1cc(Nc2c(C)cccc2C(C)C)nc(Nc2ccccc2C#N)n1. The molecule has 3 rings (SSSR count). The van der Waals surface area contributed by atoms with Crippen molar-refractivity contribution < 1.29 is 0 Å². The third kappa shape index (κ3) is 4.24. The quantitative estimate of drug-likeness (QED) is 0.624. The van der Waals surface area contributed by atoms with Crippen molar-refractivity contribution in [2.75, 3.05) is 10.6 Å². The van der Waals surface area contributed by atoms with Crippen molar-refractivity contribution in [2.24, 2.45) is 0 Å². The van der Waals surface area contributed by atoms with Crippen LogP contribution in [0, 0.1) is 25.2 Å². The van der Waals surface area contributed by atoms with Crippen LogP contribution < -0.4 is 10.6 Å². The standard InChI is InChI=1S/C22H23N5/c1-14(2)18-10-7-8-15(3)21(18)26-20-12-16(4)24-22(27-20)25-19-11-6-5-9-17(19)13-23/h5-12,14H,1-4H3,(H2,24,25,26,27). The van der Waals surface area contributed by atoms with Crippen LogP contribution in [-0.4, -0.2) is 9.97 Å². The van der Waals surface area contributed by atoms with E-state index in [4.69, 9.17) is 0 Å². The van der Waals surface area contributed by atoms with Gasteiger partial charge in [0.05, 0.1) is 11.3 Å². The molecule has 0 atom stereocenters. The van der Waals surface area contributed by atoms with E-state index in [-0.39, 0.29) is 0 Å². The molecule has 136 valence electrons. The zero-order chi connectivity index (χ0) is 19.4. The Hall–Kier alpha value is -3.39. The molecule has 0 saturated carbocycles. The van der Waals surface area contributed by atoms with Gasteiger partial charge in [-0.3, -0.25) is 0 Å². The van der Waals surface area contributed by atoms with Crippen molar-refractivity contribution >= 4 is 23.1 Å². The minimum Gasteiger partial charge on any atom is -0.340 e. The molecule has 27 heavy (non-hydrogen) atoms. The van der Waals surface area contributed by atoms with Crippen LogP contribution in [-0.2, 0) is 0 Å². The Kier molecular flexibility index (Phi) is 5.37. The molecular weight excluding hydrogens is 334 g/mol. The summed E-state index contributed by atoms with van der Waals surface area (Å²) in [7, 11) is 0. The highest BCUT2D eigenvalue weighted by Crippen LogP contribution is 2.30. The van der Waals surface area contributed by atoms with Gasteiger partial charge in [0.25, 0.3) is 0 Å². The summed E-state index contributed by atoms with van der Waals surface area (Å²) in [6.07, 6.45) is 0. The highest BCUT2D eigenvalue weighted by molar-refractivity contribution is 5.68. The number of nitriles is 1. The van der Waals surface area contributed by atoms with Gasteiger partial charge in [-0.25, -0.2) is 4.98 Å². The Balaban J connectivity index is 1.95. The van der Waals surface area contributed by atoms with Crippen LogP contribution in [0.1, 0.15) is 42.1 Å². The molecule has 1 aromatic heterocycles. The van der Waals surface area contributed by atoms with E-state index in [1.165, 1.54) is 11.1 Å². The lowest BCUT2D eigenvalue weighted by atomic mass is 9.98. The van der Waals surface area contributed by atoms with Crippen molar-refractivity contribution in [2.45, 2.75) is 33.6 Å². The normalized spacial score (nSPS) is 10.5. The smallest absolute Gasteiger partial charge is 0.229 e. The molecule has 5 nitrogen and oxygen atoms in total. The fraction of sp³-hybridized carbons (Fsp3) is 0.227. The summed E-state index contributed by atoms with van der Waals surface area (Å²) in [6.45, 7) is 8.37. The lowest BCUT2D eigenvalue weighted by molar-refractivity contribution is 0.867. The van der Waals surface area contributed by atoms with E-state index >= 15 is 0 Å². The summed E-state index contributed by atoms with van der Waals surface area (Å²) in [4.78, 5) is 9.05. The molecule has 2 N–H and O–H groups in total. The molecule has 1 heterocycles. The van der Waals surface area contributed by atoms with E-state index in [0.717, 1.165) is 17.2 Å². The van der Waals surface area contributed by atoms with Gasteiger partial charge in [-0.1, -0.05) is 44.2 Å². The molecule has 0 aliphatic heterocycles. The van der Waals surface area contributed by atoms with Crippen molar-refractivity contribution in [3.63, 3.8) is 0 Å². The maximum Gasteiger partial charge on any atom is 0.229 e. The zero-order valence-electron chi connectivity index (χ0n) is 16.0. The van der Waals surface area contributed by atoms with Crippen molar-refractivity contribution in [1.29, 1.82) is 5.26 Å². The first-order chi connectivity index (χ1) is 13.0. The molecule has 2 aromatic carbocycles. The fourth-order valence-electron chi connectivity index (χ4n) is 2.97. The summed E-state index contributed by atoms with van der Waals surface area (Å²) in [5.74, 6) is 1.57. The van der Waals surface area contributed by atoms with E-state index in [1.807, 2.05) is 31.2 Å². The van der Waals surface area contributed by atoms with E-state index in [2.05, 4.69) is 65.6 Å². The first kappa shape index (κ1) is 18.4. The number of rotatable bonds is 5. The number of hydrogen-bond acceptors (Lipinski definition) is 5. The second-order valence-electron chi connectivity index (χ2n) is 6.82. The molecular formula is C22H23N5. The van der Waals surface area contributed by atoms with Crippen LogP contribution in [0.25, 0.3) is 0 Å². The number of nitrogens with one attached hydrogen (secondary N) is 2. The van der Waals surface area contributed by atoms with Crippen LogP contribution in [0.15, 0.2) is 48.5 Å². The minimum atomic E-state index is 0.399. The van der Waals surface area contributed by atoms with Crippen LogP contribution in [0.5, 0.6) is 0 Å². The molecule has 0 bridgehead atoms. The first-order valence-corrected chi connectivity index (χ1v) is 8.96. The van der Waals surface area contributed by atoms with E-state index in [9.17, 15) is 5.26 Å². The molecule has 0 aliphatic carbocycles. The van der Waals surface area contributed by atoms with Crippen LogP contribution in [0.4, 0.5) is 23.1 Å². The topological polar surface area (TPSA) is 73.6 Å². The van der Waals surface area contributed by atoms with E-state index in [0.29, 0.717) is 23.1 Å². The summed E-state index contributed by atoms with van der Waals surface area (Å²) >= 11 is 0. The molecule has 0 amide bonds. The van der Waals surface area contributed by atoms with Gasteiger partial charge < -0.3 is 10.6 Å². The van der Waals surface area contributed by atoms with Crippen molar-refractivity contribution in [1.82, 2.24) is 9.97 Å². The Morgan fingerprint density at radius 2 is 1.74 bits per heavy atom. The molecule has 3 aromatic rings. The highest BCUT2D eigenvalue weighted by Gasteiger charge is 2.11. The van der Waals surface area contributed by atoms with Gasteiger partial charge in [0.2, 0.25) is 5.95 Å². The third-order valence-corrected chi connectivity index (χ3v) is 4.33. The number of nitrogens with zero attached hydrogens (tertiary/aromatic N) is 3. The van der Waals surface area contributed by atoms with Crippen LogP contribution in [0.3, 0.4) is 0 Å². The first-order valence-electron chi connectivity index (χ1n) is 8.96. The molecule has 0 spiro atoms. The molecule has 5 heteroatoms.